The summed E-state index contributed by atoms with van der Waals surface area (Å²) in [7, 11) is 1.77. The van der Waals surface area contributed by atoms with E-state index >= 15 is 0 Å². The fourth-order valence-electron chi connectivity index (χ4n) is 1.75. The van der Waals surface area contributed by atoms with E-state index in [9.17, 15) is 4.79 Å². The van der Waals surface area contributed by atoms with E-state index < -0.39 is 0 Å². The number of nitrogens with zero attached hydrogens (tertiary/aromatic N) is 3. The van der Waals surface area contributed by atoms with Gasteiger partial charge in [-0.1, -0.05) is 29.8 Å². The molecule has 6 heteroatoms. The van der Waals surface area contributed by atoms with E-state index in [0.29, 0.717) is 17.1 Å². The topological polar surface area (TPSA) is 55.9 Å². The van der Waals surface area contributed by atoms with E-state index in [0.717, 1.165) is 5.56 Å². The molecule has 1 aromatic carbocycles. The van der Waals surface area contributed by atoms with Crippen molar-refractivity contribution < 1.29 is 9.53 Å². The molecule has 0 radical (unpaired) electrons. The number of aromatic nitrogens is 1. The maximum atomic E-state index is 11.7. The van der Waals surface area contributed by atoms with Crippen molar-refractivity contribution in [2.24, 2.45) is 17.3 Å². The smallest absolute Gasteiger partial charge is 0.355 e. The Balaban J connectivity index is 2.21. The first-order valence-electron chi connectivity index (χ1n) is 6.57. The zero-order chi connectivity index (χ0) is 15.2. The number of thiazole rings is 1. The average molecular weight is 303 g/mol. The summed E-state index contributed by atoms with van der Waals surface area (Å²) in [6.45, 7) is 4.16. The molecule has 0 aliphatic heterocycles. The van der Waals surface area contributed by atoms with Crippen LogP contribution in [0.15, 0.2) is 39.8 Å². The highest BCUT2D eigenvalue weighted by Gasteiger charge is 2.11. The van der Waals surface area contributed by atoms with Crippen LogP contribution in [0.3, 0.4) is 0 Å². The minimum Gasteiger partial charge on any atom is -0.461 e. The lowest BCUT2D eigenvalue weighted by atomic mass is 10.2. The van der Waals surface area contributed by atoms with Crippen molar-refractivity contribution in [1.82, 2.24) is 4.57 Å². The molecule has 1 aromatic heterocycles. The molecule has 0 bridgehead atoms. The van der Waals surface area contributed by atoms with Crippen molar-refractivity contribution in [3.8, 4) is 0 Å². The van der Waals surface area contributed by atoms with Gasteiger partial charge in [-0.25, -0.2) is 4.79 Å². The van der Waals surface area contributed by atoms with Crippen LogP contribution in [0.1, 0.15) is 28.5 Å². The SMILES string of the molecule is CCOC(=O)c1cs/c(=N/N=C/c2cccc(C)c2)n1C. The largest absolute Gasteiger partial charge is 0.461 e. The number of hydrogen-bond donors (Lipinski definition) is 0. The molecule has 5 nitrogen and oxygen atoms in total. The maximum absolute atomic E-state index is 11.7. The Morgan fingerprint density at radius 3 is 3.00 bits per heavy atom. The van der Waals surface area contributed by atoms with Gasteiger partial charge in [0.05, 0.1) is 12.8 Å². The number of benzene rings is 1. The van der Waals surface area contributed by atoms with Crippen LogP contribution < -0.4 is 4.80 Å². The number of ether oxygens (including phenoxy) is 1. The summed E-state index contributed by atoms with van der Waals surface area (Å²) in [5.74, 6) is -0.347. The van der Waals surface area contributed by atoms with Crippen molar-refractivity contribution in [2.45, 2.75) is 13.8 Å². The monoisotopic (exact) mass is 303 g/mol. The first-order chi connectivity index (χ1) is 10.1. The molecule has 0 N–H and O–H groups in total. The molecule has 0 spiro atoms. The lowest BCUT2D eigenvalue weighted by Crippen LogP contribution is -2.17. The summed E-state index contributed by atoms with van der Waals surface area (Å²) in [6.07, 6.45) is 1.69. The van der Waals surface area contributed by atoms with Gasteiger partial charge in [0.2, 0.25) is 4.80 Å². The minimum absolute atomic E-state index is 0.347. The van der Waals surface area contributed by atoms with Gasteiger partial charge in [0, 0.05) is 12.4 Å². The molecule has 110 valence electrons. The van der Waals surface area contributed by atoms with Gasteiger partial charge in [-0.05, 0) is 19.4 Å². The molecular weight excluding hydrogens is 286 g/mol. The molecule has 0 unspecified atom stereocenters. The van der Waals surface area contributed by atoms with E-state index in [1.165, 1.54) is 16.9 Å². The van der Waals surface area contributed by atoms with E-state index in [4.69, 9.17) is 4.74 Å². The van der Waals surface area contributed by atoms with Crippen LogP contribution in [0.5, 0.6) is 0 Å². The summed E-state index contributed by atoms with van der Waals surface area (Å²) in [5.41, 5.74) is 2.64. The van der Waals surface area contributed by atoms with Crippen LogP contribution in [-0.2, 0) is 11.8 Å². The van der Waals surface area contributed by atoms with Crippen molar-refractivity contribution in [3.05, 3.63) is 51.3 Å². The molecule has 0 saturated heterocycles. The number of carbonyl (C=O) groups excluding carboxylic acids is 1. The summed E-state index contributed by atoms with van der Waals surface area (Å²) >= 11 is 1.35. The van der Waals surface area contributed by atoms with E-state index in [2.05, 4.69) is 10.2 Å². The van der Waals surface area contributed by atoms with Crippen molar-refractivity contribution in [3.63, 3.8) is 0 Å². The predicted octanol–water partition coefficient (Wildman–Crippen LogP) is 2.51. The van der Waals surface area contributed by atoms with Gasteiger partial charge in [-0.15, -0.1) is 16.4 Å². The molecule has 0 aliphatic carbocycles. The lowest BCUT2D eigenvalue weighted by Gasteiger charge is -2.01. The Bertz CT molecular complexity index is 729. The zero-order valence-corrected chi connectivity index (χ0v) is 13.1. The Hall–Kier alpha value is -2.21. The highest BCUT2D eigenvalue weighted by molar-refractivity contribution is 7.07. The van der Waals surface area contributed by atoms with Crippen LogP contribution in [0.2, 0.25) is 0 Å². The lowest BCUT2D eigenvalue weighted by molar-refractivity contribution is 0.0515. The van der Waals surface area contributed by atoms with Gasteiger partial charge in [0.15, 0.2) is 0 Å². The molecule has 1 heterocycles. The molecule has 0 atom stereocenters. The van der Waals surface area contributed by atoms with Gasteiger partial charge in [-0.3, -0.25) is 0 Å². The van der Waals surface area contributed by atoms with Crippen molar-refractivity contribution in [1.29, 1.82) is 0 Å². The van der Waals surface area contributed by atoms with Crippen molar-refractivity contribution >= 4 is 23.5 Å². The number of esters is 1. The summed E-state index contributed by atoms with van der Waals surface area (Å²) < 4.78 is 6.65. The molecule has 0 saturated carbocycles. The first kappa shape index (κ1) is 15.2. The molecule has 2 rings (SSSR count). The van der Waals surface area contributed by atoms with Gasteiger partial charge in [0.1, 0.15) is 5.69 Å². The maximum Gasteiger partial charge on any atom is 0.355 e. The van der Waals surface area contributed by atoms with Gasteiger partial charge >= 0.3 is 5.97 Å². The Morgan fingerprint density at radius 1 is 1.48 bits per heavy atom. The number of rotatable bonds is 4. The fourth-order valence-corrected chi connectivity index (χ4v) is 2.57. The number of hydrogen-bond acceptors (Lipinski definition) is 5. The second-order valence-corrected chi connectivity index (χ2v) is 5.28. The molecule has 0 aliphatic rings. The third-order valence-corrected chi connectivity index (χ3v) is 3.71. The van der Waals surface area contributed by atoms with Crippen LogP contribution in [-0.4, -0.2) is 23.4 Å². The Morgan fingerprint density at radius 2 is 2.29 bits per heavy atom. The molecule has 0 amide bonds. The standard InChI is InChI=1S/C15H17N3O2S/c1-4-20-14(19)13-10-21-15(18(13)3)17-16-9-12-7-5-6-11(2)8-12/h5-10H,4H2,1-3H3/b16-9+,17-15+. The van der Waals surface area contributed by atoms with Gasteiger partial charge < -0.3 is 9.30 Å². The van der Waals surface area contributed by atoms with Crippen molar-refractivity contribution in [2.75, 3.05) is 6.61 Å². The second kappa shape index (κ2) is 6.99. The Kier molecular flexibility index (Phi) is 5.05. The quantitative estimate of drug-likeness (QED) is 0.495. The third-order valence-electron chi connectivity index (χ3n) is 2.80. The highest BCUT2D eigenvalue weighted by Crippen LogP contribution is 2.03. The molecule has 21 heavy (non-hydrogen) atoms. The van der Waals surface area contributed by atoms with Crippen LogP contribution in [0.25, 0.3) is 0 Å². The minimum atomic E-state index is -0.347. The first-order valence-corrected chi connectivity index (χ1v) is 7.45. The normalized spacial score (nSPS) is 12.0. The highest BCUT2D eigenvalue weighted by atomic mass is 32.1. The Labute approximate surface area is 127 Å². The predicted molar refractivity (Wildman–Crippen MR) is 83.6 cm³/mol. The fraction of sp³-hybridized carbons (Fsp3) is 0.267. The van der Waals surface area contributed by atoms with E-state index in [-0.39, 0.29) is 5.97 Å². The van der Waals surface area contributed by atoms with Crippen LogP contribution >= 0.6 is 11.3 Å². The number of aryl methyl sites for hydroxylation is 1. The summed E-state index contributed by atoms with van der Waals surface area (Å²) in [4.78, 5) is 12.3. The van der Waals surface area contributed by atoms with E-state index in [1.807, 2.05) is 31.2 Å². The number of carbonyl (C=O) groups is 1. The summed E-state index contributed by atoms with van der Waals surface area (Å²) in [6, 6.07) is 7.99. The van der Waals surface area contributed by atoms with Crippen LogP contribution in [0, 0.1) is 6.92 Å². The van der Waals surface area contributed by atoms with Crippen LogP contribution in [0.4, 0.5) is 0 Å². The summed E-state index contributed by atoms with van der Waals surface area (Å²) in [5, 5.41) is 9.93. The van der Waals surface area contributed by atoms with E-state index in [1.54, 1.807) is 30.1 Å². The second-order valence-electron chi connectivity index (χ2n) is 4.44. The van der Waals surface area contributed by atoms with Gasteiger partial charge in [-0.2, -0.15) is 5.10 Å². The third kappa shape index (κ3) is 3.88. The average Bonchev–Trinajstić information content (AvgIpc) is 2.81. The molecular formula is C15H17N3O2S. The zero-order valence-electron chi connectivity index (χ0n) is 12.2. The molecule has 2 aromatic rings. The van der Waals surface area contributed by atoms with Gasteiger partial charge in [0.25, 0.3) is 0 Å². The molecule has 0 fully saturated rings.